The first-order valence-electron chi connectivity index (χ1n) is 7.36. The minimum absolute atomic E-state index is 0.178. The minimum Gasteiger partial charge on any atom is -0.484 e. The molecule has 2 aromatic carbocycles. The Hall–Kier alpha value is -3.00. The third-order valence-electron chi connectivity index (χ3n) is 3.39. The second-order valence-electron chi connectivity index (χ2n) is 5.04. The molecule has 2 heterocycles. The standard InChI is InChI=1S/C17H11BrN4O3/c18-14-4-2-1-3-13(14)17-22-20-15(25-17)9-23-12-7-5-11(6-8-12)16-21-19-10-24-16/h1-8,10H,9H2. The number of ether oxygens (including phenoxy) is 1. The molecule has 4 aromatic rings. The number of halogens is 1. The number of hydrogen-bond donors (Lipinski definition) is 0. The smallest absolute Gasteiger partial charge is 0.254 e. The molecular weight excluding hydrogens is 388 g/mol. The first kappa shape index (κ1) is 15.5. The van der Waals surface area contributed by atoms with E-state index in [4.69, 9.17) is 13.6 Å². The summed E-state index contributed by atoms with van der Waals surface area (Å²) in [7, 11) is 0. The summed E-state index contributed by atoms with van der Waals surface area (Å²) in [6.07, 6.45) is 1.29. The van der Waals surface area contributed by atoms with Crippen LogP contribution in [0.3, 0.4) is 0 Å². The highest BCUT2D eigenvalue weighted by Crippen LogP contribution is 2.27. The van der Waals surface area contributed by atoms with Gasteiger partial charge in [-0.1, -0.05) is 12.1 Å². The average molecular weight is 399 g/mol. The number of aromatic nitrogens is 4. The Morgan fingerprint density at radius 3 is 2.52 bits per heavy atom. The molecule has 0 spiro atoms. The Balaban J connectivity index is 1.43. The largest absolute Gasteiger partial charge is 0.484 e. The summed E-state index contributed by atoms with van der Waals surface area (Å²) in [6, 6.07) is 14.9. The lowest BCUT2D eigenvalue weighted by Gasteiger charge is -2.03. The molecule has 0 aliphatic heterocycles. The van der Waals surface area contributed by atoms with Crippen molar-refractivity contribution in [1.29, 1.82) is 0 Å². The van der Waals surface area contributed by atoms with Crippen molar-refractivity contribution >= 4 is 15.9 Å². The molecule has 124 valence electrons. The molecule has 8 heteroatoms. The molecule has 4 rings (SSSR count). The van der Waals surface area contributed by atoms with E-state index in [1.54, 1.807) is 0 Å². The van der Waals surface area contributed by atoms with Crippen LogP contribution in [-0.2, 0) is 6.61 Å². The lowest BCUT2D eigenvalue weighted by Crippen LogP contribution is -1.95. The minimum atomic E-state index is 0.178. The van der Waals surface area contributed by atoms with Gasteiger partial charge in [0.2, 0.25) is 18.2 Å². The van der Waals surface area contributed by atoms with Crippen LogP contribution < -0.4 is 4.74 Å². The highest BCUT2D eigenvalue weighted by molar-refractivity contribution is 9.10. The Morgan fingerprint density at radius 2 is 1.76 bits per heavy atom. The average Bonchev–Trinajstić information content (AvgIpc) is 3.33. The van der Waals surface area contributed by atoms with E-state index in [9.17, 15) is 0 Å². The predicted octanol–water partition coefficient (Wildman–Crippen LogP) is 4.13. The van der Waals surface area contributed by atoms with Crippen LogP contribution in [0.1, 0.15) is 5.89 Å². The monoisotopic (exact) mass is 398 g/mol. The molecule has 0 amide bonds. The zero-order chi connectivity index (χ0) is 17.1. The molecule has 2 aromatic heterocycles. The molecule has 0 saturated heterocycles. The molecular formula is C17H11BrN4O3. The van der Waals surface area contributed by atoms with Gasteiger partial charge in [0.25, 0.3) is 5.89 Å². The Kier molecular flexibility index (Phi) is 4.26. The first-order valence-corrected chi connectivity index (χ1v) is 8.15. The van der Waals surface area contributed by atoms with Crippen LogP contribution >= 0.6 is 15.9 Å². The van der Waals surface area contributed by atoms with Crippen molar-refractivity contribution in [2.24, 2.45) is 0 Å². The maximum atomic E-state index is 5.67. The molecule has 0 atom stereocenters. The van der Waals surface area contributed by atoms with Crippen molar-refractivity contribution in [3.8, 4) is 28.7 Å². The summed E-state index contributed by atoms with van der Waals surface area (Å²) in [5.74, 6) is 1.97. The number of hydrogen-bond acceptors (Lipinski definition) is 7. The van der Waals surface area contributed by atoms with E-state index in [1.807, 2.05) is 48.5 Å². The predicted molar refractivity (Wildman–Crippen MR) is 91.5 cm³/mol. The molecule has 0 aliphatic carbocycles. The maximum Gasteiger partial charge on any atom is 0.254 e. The number of rotatable bonds is 5. The Morgan fingerprint density at radius 1 is 0.920 bits per heavy atom. The Labute approximate surface area is 150 Å². The fraction of sp³-hybridized carbons (Fsp3) is 0.0588. The third kappa shape index (κ3) is 3.43. The number of benzene rings is 2. The van der Waals surface area contributed by atoms with E-state index in [1.165, 1.54) is 6.39 Å². The molecule has 0 aliphatic rings. The van der Waals surface area contributed by atoms with Crippen molar-refractivity contribution in [3.05, 3.63) is 65.3 Å². The Bertz CT molecular complexity index is 968. The van der Waals surface area contributed by atoms with Crippen LogP contribution in [0.2, 0.25) is 0 Å². The topological polar surface area (TPSA) is 87.1 Å². The van der Waals surface area contributed by atoms with E-state index in [-0.39, 0.29) is 6.61 Å². The van der Waals surface area contributed by atoms with Gasteiger partial charge in [0.1, 0.15) is 5.75 Å². The zero-order valence-corrected chi connectivity index (χ0v) is 14.4. The summed E-state index contributed by atoms with van der Waals surface area (Å²) in [5.41, 5.74) is 1.66. The SMILES string of the molecule is Brc1ccccc1-c1nnc(COc2ccc(-c3nnco3)cc2)o1. The van der Waals surface area contributed by atoms with Crippen molar-refractivity contribution in [1.82, 2.24) is 20.4 Å². The fourth-order valence-electron chi connectivity index (χ4n) is 2.19. The van der Waals surface area contributed by atoms with E-state index in [0.29, 0.717) is 23.4 Å². The van der Waals surface area contributed by atoms with Crippen LogP contribution in [0.5, 0.6) is 5.75 Å². The van der Waals surface area contributed by atoms with E-state index >= 15 is 0 Å². The van der Waals surface area contributed by atoms with Gasteiger partial charge in [-0.3, -0.25) is 0 Å². The molecule has 0 fully saturated rings. The fourth-order valence-corrected chi connectivity index (χ4v) is 2.65. The van der Waals surface area contributed by atoms with Crippen molar-refractivity contribution < 1.29 is 13.6 Å². The molecule has 0 N–H and O–H groups in total. The van der Waals surface area contributed by atoms with Crippen molar-refractivity contribution in [3.63, 3.8) is 0 Å². The molecule has 7 nitrogen and oxygen atoms in total. The van der Waals surface area contributed by atoms with Crippen molar-refractivity contribution in [2.75, 3.05) is 0 Å². The van der Waals surface area contributed by atoms with E-state index in [2.05, 4.69) is 36.3 Å². The first-order chi connectivity index (χ1) is 12.3. The number of nitrogens with zero attached hydrogens (tertiary/aromatic N) is 4. The highest BCUT2D eigenvalue weighted by atomic mass is 79.9. The summed E-state index contributed by atoms with van der Waals surface area (Å²) >= 11 is 3.46. The van der Waals surface area contributed by atoms with Crippen LogP contribution in [0.4, 0.5) is 0 Å². The van der Waals surface area contributed by atoms with E-state index < -0.39 is 0 Å². The van der Waals surface area contributed by atoms with Gasteiger partial charge >= 0.3 is 0 Å². The van der Waals surface area contributed by atoms with Gasteiger partial charge in [-0.05, 0) is 52.3 Å². The van der Waals surface area contributed by atoms with Crippen LogP contribution in [0, 0.1) is 0 Å². The lowest BCUT2D eigenvalue weighted by atomic mass is 10.2. The van der Waals surface area contributed by atoms with Crippen LogP contribution in [0.15, 0.2) is 68.2 Å². The zero-order valence-electron chi connectivity index (χ0n) is 12.8. The van der Waals surface area contributed by atoms with Crippen molar-refractivity contribution in [2.45, 2.75) is 6.61 Å². The summed E-state index contributed by atoms with van der Waals surface area (Å²) < 4.78 is 17.3. The van der Waals surface area contributed by atoms with Gasteiger partial charge in [-0.25, -0.2) is 0 Å². The second-order valence-corrected chi connectivity index (χ2v) is 5.89. The molecule has 0 unspecified atom stereocenters. The van der Waals surface area contributed by atoms with Gasteiger partial charge in [0.15, 0.2) is 6.61 Å². The molecule has 0 saturated carbocycles. The molecule has 0 bridgehead atoms. The van der Waals surface area contributed by atoms with Gasteiger partial charge in [-0.2, -0.15) is 0 Å². The lowest BCUT2D eigenvalue weighted by molar-refractivity contribution is 0.264. The third-order valence-corrected chi connectivity index (χ3v) is 4.09. The van der Waals surface area contributed by atoms with Gasteiger partial charge < -0.3 is 13.6 Å². The summed E-state index contributed by atoms with van der Waals surface area (Å²) in [6.45, 7) is 0.178. The normalized spacial score (nSPS) is 10.8. The van der Waals surface area contributed by atoms with Crippen LogP contribution in [-0.4, -0.2) is 20.4 Å². The quantitative estimate of drug-likeness (QED) is 0.499. The van der Waals surface area contributed by atoms with E-state index in [0.717, 1.165) is 15.6 Å². The summed E-state index contributed by atoms with van der Waals surface area (Å²) in [4.78, 5) is 0. The molecule has 0 radical (unpaired) electrons. The molecule has 25 heavy (non-hydrogen) atoms. The summed E-state index contributed by atoms with van der Waals surface area (Å²) in [5, 5.41) is 15.6. The maximum absolute atomic E-state index is 5.67. The van der Waals surface area contributed by atoms with Gasteiger partial charge in [-0.15, -0.1) is 20.4 Å². The van der Waals surface area contributed by atoms with Crippen LogP contribution in [0.25, 0.3) is 22.9 Å². The van der Waals surface area contributed by atoms with Gasteiger partial charge in [0, 0.05) is 10.0 Å². The second kappa shape index (κ2) is 6.86. The van der Waals surface area contributed by atoms with Gasteiger partial charge in [0.05, 0.1) is 5.56 Å². The highest BCUT2D eigenvalue weighted by Gasteiger charge is 2.12.